The van der Waals surface area contributed by atoms with Gasteiger partial charge in [-0.2, -0.15) is 0 Å². The molecule has 14 heteroatoms. The van der Waals surface area contributed by atoms with Crippen molar-refractivity contribution in [3.05, 3.63) is 42.0 Å². The maximum Gasteiger partial charge on any atom is 0.280 e. The highest BCUT2D eigenvalue weighted by atomic mass is 32.2. The highest BCUT2D eigenvalue weighted by Crippen LogP contribution is 2.28. The highest BCUT2D eigenvalue weighted by molar-refractivity contribution is 7.91. The summed E-state index contributed by atoms with van der Waals surface area (Å²) in [5.74, 6) is -0.116. The third kappa shape index (κ3) is 7.61. The molecule has 1 amide bonds. The summed E-state index contributed by atoms with van der Waals surface area (Å²) in [6, 6.07) is 9.53. The number of methoxy groups -OCH3 is 1. The summed E-state index contributed by atoms with van der Waals surface area (Å²) in [5.41, 5.74) is 0.948. The normalized spacial score (nSPS) is 21.6. The fraction of sp³-hybridized carbons (Fsp3) is 0.500. The lowest BCUT2D eigenvalue weighted by Crippen LogP contribution is -2.25. The van der Waals surface area contributed by atoms with Crippen LogP contribution in [0.25, 0.3) is 10.3 Å². The molecule has 226 valence electrons. The van der Waals surface area contributed by atoms with Crippen LogP contribution in [0, 0.1) is 0 Å². The number of fused-ring (bicyclic) bond motifs is 1. The van der Waals surface area contributed by atoms with E-state index in [-0.39, 0.29) is 28.6 Å². The van der Waals surface area contributed by atoms with Crippen LogP contribution >= 0.6 is 11.3 Å². The number of ether oxygens (including phenoxy) is 2. The van der Waals surface area contributed by atoms with E-state index in [1.807, 2.05) is 0 Å². The minimum Gasteiger partial charge on any atom is -0.473 e. The largest absolute Gasteiger partial charge is 0.473 e. The number of amides is 1. The number of nitrogens with one attached hydrogen (secondary N) is 1. The molecule has 1 saturated heterocycles. The third-order valence-corrected chi connectivity index (χ3v) is 9.90. The smallest absolute Gasteiger partial charge is 0.280 e. The molecule has 1 saturated carbocycles. The van der Waals surface area contributed by atoms with Crippen LogP contribution in [0.4, 0.5) is 5.13 Å². The van der Waals surface area contributed by atoms with E-state index in [9.17, 15) is 18.3 Å². The fourth-order valence-electron chi connectivity index (χ4n) is 4.93. The SMILES string of the molecule is COCCCS(=O)(=O)c1ccc(C(=NO[C@@H]2CC[C@@H](O)C2)C(=O)Nc2nc3ccc(OC4CCN(C)C4)nc3s2)cc1. The van der Waals surface area contributed by atoms with Crippen molar-refractivity contribution in [3.63, 3.8) is 0 Å². The van der Waals surface area contributed by atoms with Gasteiger partial charge in [0.25, 0.3) is 5.91 Å². The first-order chi connectivity index (χ1) is 20.2. The van der Waals surface area contributed by atoms with Crippen molar-refractivity contribution in [3.8, 4) is 5.88 Å². The van der Waals surface area contributed by atoms with E-state index in [1.54, 1.807) is 12.1 Å². The van der Waals surface area contributed by atoms with Crippen LogP contribution in [0.15, 0.2) is 46.4 Å². The van der Waals surface area contributed by atoms with Crippen molar-refractivity contribution < 1.29 is 32.6 Å². The number of rotatable bonds is 12. The number of carbonyl (C=O) groups is 1. The number of nitrogens with zero attached hydrogens (tertiary/aromatic N) is 4. The number of aromatic nitrogens is 2. The van der Waals surface area contributed by atoms with Gasteiger partial charge in [0.1, 0.15) is 22.6 Å². The Morgan fingerprint density at radius 3 is 2.64 bits per heavy atom. The van der Waals surface area contributed by atoms with Gasteiger partial charge in [-0.25, -0.2) is 18.4 Å². The number of likely N-dealkylation sites (N-methyl/N-ethyl adjacent to an activating group) is 1. The topological polar surface area (TPSA) is 153 Å². The molecule has 1 unspecified atom stereocenters. The van der Waals surface area contributed by atoms with E-state index in [1.165, 1.54) is 42.7 Å². The van der Waals surface area contributed by atoms with Crippen molar-refractivity contribution >= 4 is 48.3 Å². The zero-order chi connectivity index (χ0) is 29.7. The number of thiazole rings is 1. The molecule has 2 aliphatic rings. The molecule has 3 aromatic rings. The average Bonchev–Trinajstić information content (AvgIpc) is 3.68. The van der Waals surface area contributed by atoms with Crippen molar-refractivity contribution in [2.45, 2.75) is 55.3 Å². The molecule has 0 radical (unpaired) electrons. The second-order valence-electron chi connectivity index (χ2n) is 10.6. The summed E-state index contributed by atoms with van der Waals surface area (Å²) in [6.45, 7) is 2.16. The van der Waals surface area contributed by atoms with E-state index in [4.69, 9.17) is 14.3 Å². The van der Waals surface area contributed by atoms with Gasteiger partial charge < -0.3 is 24.3 Å². The summed E-state index contributed by atoms with van der Waals surface area (Å²) in [7, 11) is 0.0648. The highest BCUT2D eigenvalue weighted by Gasteiger charge is 2.26. The average molecular weight is 618 g/mol. The molecular formula is C28H35N5O7S2. The third-order valence-electron chi connectivity index (χ3n) is 7.20. The number of aliphatic hydroxyl groups excluding tert-OH is 1. The first-order valence-corrected chi connectivity index (χ1v) is 16.3. The van der Waals surface area contributed by atoms with Gasteiger partial charge in [-0.3, -0.25) is 10.1 Å². The second kappa shape index (κ2) is 13.4. The molecule has 42 heavy (non-hydrogen) atoms. The summed E-state index contributed by atoms with van der Waals surface area (Å²) in [5, 5.41) is 17.1. The van der Waals surface area contributed by atoms with Crippen LogP contribution < -0.4 is 10.1 Å². The predicted molar refractivity (Wildman–Crippen MR) is 159 cm³/mol. The predicted octanol–water partition coefficient (Wildman–Crippen LogP) is 2.86. The second-order valence-corrected chi connectivity index (χ2v) is 13.6. The van der Waals surface area contributed by atoms with Gasteiger partial charge in [-0.05, 0) is 50.9 Å². The molecule has 3 atom stereocenters. The Morgan fingerprint density at radius 2 is 1.95 bits per heavy atom. The summed E-state index contributed by atoms with van der Waals surface area (Å²) in [4.78, 5) is 31.1. The lowest BCUT2D eigenvalue weighted by atomic mass is 10.1. The zero-order valence-electron chi connectivity index (χ0n) is 23.6. The number of anilines is 1. The van der Waals surface area contributed by atoms with Crippen molar-refractivity contribution in [2.75, 3.05) is 44.9 Å². The lowest BCUT2D eigenvalue weighted by molar-refractivity contribution is -0.110. The van der Waals surface area contributed by atoms with Crippen LogP contribution in [-0.2, 0) is 24.2 Å². The van der Waals surface area contributed by atoms with E-state index in [0.717, 1.165) is 19.5 Å². The quantitative estimate of drug-likeness (QED) is 0.176. The number of hydrogen-bond donors (Lipinski definition) is 2. The first-order valence-electron chi connectivity index (χ1n) is 13.9. The molecule has 1 aromatic carbocycles. The fourth-order valence-corrected chi connectivity index (χ4v) is 7.04. The maximum atomic E-state index is 13.5. The number of hydrogen-bond acceptors (Lipinski definition) is 12. The van der Waals surface area contributed by atoms with Crippen molar-refractivity contribution in [1.29, 1.82) is 0 Å². The van der Waals surface area contributed by atoms with Crippen molar-refractivity contribution in [2.24, 2.45) is 5.16 Å². The standard InChI is InChI=1S/C28H35N5O7S2/c1-33-13-12-21(17-33)39-24-11-10-23-27(30-24)41-28(29-23)31-26(35)25(32-40-20-7-6-19(34)16-20)18-4-8-22(9-5-18)42(36,37)15-3-14-38-2/h4-5,8-11,19-21,34H,3,6-7,12-17H2,1-2H3,(H,29,31,35)/t19-,20-,21?/m1/s1. The Balaban J connectivity index is 1.33. The van der Waals surface area contributed by atoms with Gasteiger partial charge in [0.05, 0.1) is 16.8 Å². The summed E-state index contributed by atoms with van der Waals surface area (Å²) >= 11 is 1.21. The monoisotopic (exact) mass is 617 g/mol. The number of sulfone groups is 1. The zero-order valence-corrected chi connectivity index (χ0v) is 25.2. The molecule has 1 aliphatic carbocycles. The van der Waals surface area contributed by atoms with E-state index < -0.39 is 21.8 Å². The summed E-state index contributed by atoms with van der Waals surface area (Å²) < 4.78 is 36.3. The number of oxime groups is 1. The van der Waals surface area contributed by atoms with Gasteiger partial charge >= 0.3 is 0 Å². The van der Waals surface area contributed by atoms with E-state index in [2.05, 4.69) is 32.4 Å². The molecule has 12 nitrogen and oxygen atoms in total. The lowest BCUT2D eigenvalue weighted by Gasteiger charge is -2.12. The first kappa shape index (κ1) is 30.3. The van der Waals surface area contributed by atoms with Crippen molar-refractivity contribution in [1.82, 2.24) is 14.9 Å². The van der Waals surface area contributed by atoms with Crippen LogP contribution in [0.2, 0.25) is 0 Å². The number of benzene rings is 1. The van der Waals surface area contributed by atoms with Crippen LogP contribution in [0.1, 0.15) is 37.7 Å². The van der Waals surface area contributed by atoms with Gasteiger partial charge in [0, 0.05) is 44.9 Å². The van der Waals surface area contributed by atoms with Crippen LogP contribution in [0.3, 0.4) is 0 Å². The molecule has 2 aromatic heterocycles. The number of aliphatic hydroxyl groups is 1. The Morgan fingerprint density at radius 1 is 1.14 bits per heavy atom. The maximum absolute atomic E-state index is 13.5. The molecular weight excluding hydrogens is 582 g/mol. The molecule has 5 rings (SSSR count). The molecule has 0 spiro atoms. The number of pyridine rings is 1. The van der Waals surface area contributed by atoms with Crippen LogP contribution in [0.5, 0.6) is 5.88 Å². The Hall–Kier alpha value is -3.17. The Kier molecular flexibility index (Phi) is 9.68. The molecule has 1 aliphatic heterocycles. The molecule has 2 N–H and O–H groups in total. The van der Waals surface area contributed by atoms with Gasteiger partial charge in [-0.1, -0.05) is 28.6 Å². The van der Waals surface area contributed by atoms with E-state index in [0.29, 0.717) is 59.2 Å². The van der Waals surface area contributed by atoms with E-state index >= 15 is 0 Å². The Labute approximate surface area is 248 Å². The number of likely N-dealkylation sites (tertiary alicyclic amines) is 1. The molecule has 3 heterocycles. The van der Waals surface area contributed by atoms with Crippen LogP contribution in [-0.4, -0.2) is 97.9 Å². The van der Waals surface area contributed by atoms with Gasteiger partial charge in [0.2, 0.25) is 5.88 Å². The summed E-state index contributed by atoms with van der Waals surface area (Å²) in [6.07, 6.45) is 2.23. The molecule has 2 fully saturated rings. The minimum atomic E-state index is -3.51. The Bertz CT molecular complexity index is 1530. The number of carbonyl (C=O) groups excluding carboxylic acids is 1. The molecule has 0 bridgehead atoms. The van der Waals surface area contributed by atoms with Gasteiger partial charge in [-0.15, -0.1) is 0 Å². The van der Waals surface area contributed by atoms with Gasteiger partial charge in [0.15, 0.2) is 20.7 Å². The minimum absolute atomic E-state index is 0.0405.